The molecule has 0 spiro atoms. The Morgan fingerprint density at radius 3 is 2.43 bits per heavy atom. The summed E-state index contributed by atoms with van der Waals surface area (Å²) in [5.74, 6) is -1.98. The van der Waals surface area contributed by atoms with E-state index in [-0.39, 0.29) is 29.6 Å². The van der Waals surface area contributed by atoms with E-state index in [9.17, 15) is 24.0 Å². The lowest BCUT2D eigenvalue weighted by atomic mass is 9.56. The van der Waals surface area contributed by atoms with Crippen molar-refractivity contribution in [1.82, 2.24) is 5.32 Å². The number of carbonyl (C=O) groups excluding carboxylic acids is 5. The van der Waals surface area contributed by atoms with Crippen molar-refractivity contribution in [2.45, 2.75) is 92.2 Å². The van der Waals surface area contributed by atoms with Gasteiger partial charge in [0.15, 0.2) is 5.78 Å². The number of ether oxygens (including phenoxy) is 2. The Morgan fingerprint density at radius 1 is 1.14 bits per heavy atom. The van der Waals surface area contributed by atoms with Crippen molar-refractivity contribution >= 4 is 29.9 Å². The van der Waals surface area contributed by atoms with Gasteiger partial charge in [-0.25, -0.2) is 9.59 Å². The highest BCUT2D eigenvalue weighted by molar-refractivity contribution is 6.00. The van der Waals surface area contributed by atoms with Crippen molar-refractivity contribution in [2.24, 2.45) is 35.0 Å². The molecule has 0 heterocycles. The highest BCUT2D eigenvalue weighted by atomic mass is 16.5. The first kappa shape index (κ1) is 34.9. The summed E-state index contributed by atoms with van der Waals surface area (Å²) in [7, 11) is 1.28. The fourth-order valence-corrected chi connectivity index (χ4v) is 6.14. The van der Waals surface area contributed by atoms with Crippen LogP contribution in [0.4, 0.5) is 0 Å². The Labute approximate surface area is 251 Å². The monoisotopic (exact) mass is 583 g/mol. The Morgan fingerprint density at radius 2 is 1.83 bits per heavy atom. The first-order chi connectivity index (χ1) is 19.8. The molecular weight excluding hydrogens is 534 g/mol. The number of nitrogens with one attached hydrogen (secondary N) is 1. The molecule has 0 aromatic rings. The number of methoxy groups -OCH3 is 1. The number of hydrogen-bond acceptors (Lipinski definition) is 7. The molecule has 7 atom stereocenters. The van der Waals surface area contributed by atoms with Crippen molar-refractivity contribution < 1.29 is 33.4 Å². The van der Waals surface area contributed by atoms with Crippen molar-refractivity contribution in [3.8, 4) is 0 Å². The van der Waals surface area contributed by atoms with E-state index in [1.807, 2.05) is 26.8 Å². The molecule has 0 aromatic carbocycles. The second-order valence-electron chi connectivity index (χ2n) is 12.6. The van der Waals surface area contributed by atoms with Crippen LogP contribution in [0.3, 0.4) is 0 Å². The van der Waals surface area contributed by atoms with E-state index < -0.39 is 41.3 Å². The third-order valence-corrected chi connectivity index (χ3v) is 8.70. The standard InChI is InChI=1S/C34H49NO7/c1-9-22(4)17-23(5)12-10-11-13-31(38)42-30-15-14-26(32(39)35-28(16-21(2)3)33(40)41-8)34(7)19-25(24(6)20-36)29(37)18-27(30)34/h10-13,18,20-23,25-26,28,30H,6,9,14-17,19H2,1-5,7-8H3,(H,35,39)/b12-10+,13-11+/t22?,23?,25-,26+,28-,30+,34+/m0/s1. The van der Waals surface area contributed by atoms with E-state index in [0.29, 0.717) is 43.0 Å². The predicted octanol–water partition coefficient (Wildman–Crippen LogP) is 5.47. The van der Waals surface area contributed by atoms with E-state index in [4.69, 9.17) is 9.47 Å². The summed E-state index contributed by atoms with van der Waals surface area (Å²) in [5, 5.41) is 2.87. The normalized spacial score (nSPS) is 26.2. The van der Waals surface area contributed by atoms with Gasteiger partial charge in [-0.05, 0) is 67.1 Å². The summed E-state index contributed by atoms with van der Waals surface area (Å²) in [5.41, 5.74) is -0.225. The number of ketones is 1. The van der Waals surface area contributed by atoms with Crippen LogP contribution in [-0.2, 0) is 33.4 Å². The predicted molar refractivity (Wildman–Crippen MR) is 162 cm³/mol. The topological polar surface area (TPSA) is 116 Å². The molecule has 232 valence electrons. The zero-order valence-electron chi connectivity index (χ0n) is 26.3. The summed E-state index contributed by atoms with van der Waals surface area (Å²) < 4.78 is 10.7. The van der Waals surface area contributed by atoms with Gasteiger partial charge < -0.3 is 14.8 Å². The van der Waals surface area contributed by atoms with Crippen molar-refractivity contribution in [3.63, 3.8) is 0 Å². The average Bonchev–Trinajstić information content (AvgIpc) is 2.93. The van der Waals surface area contributed by atoms with Gasteiger partial charge in [-0.2, -0.15) is 0 Å². The maximum absolute atomic E-state index is 13.7. The first-order valence-electron chi connectivity index (χ1n) is 15.1. The van der Waals surface area contributed by atoms with Gasteiger partial charge >= 0.3 is 11.9 Å². The van der Waals surface area contributed by atoms with Crippen LogP contribution in [0.15, 0.2) is 48.1 Å². The minimum absolute atomic E-state index is 0.134. The SMILES string of the molecule is C=C(C=O)[C@@H]1C[C@@]2(C)C(=CC1=O)[C@H](OC(=O)/C=C/C=C/C(C)CC(C)CC)CC[C@@H]2C(=O)N[C@@H](CC(C)C)C(=O)OC. The quantitative estimate of drug-likeness (QED) is 0.125. The highest BCUT2D eigenvalue weighted by Crippen LogP contribution is 2.53. The van der Waals surface area contributed by atoms with Crippen molar-refractivity contribution in [3.05, 3.63) is 48.1 Å². The molecule has 2 unspecified atom stereocenters. The maximum Gasteiger partial charge on any atom is 0.331 e. The van der Waals surface area contributed by atoms with Crippen LogP contribution in [0, 0.1) is 35.0 Å². The smallest absolute Gasteiger partial charge is 0.331 e. The molecule has 8 heteroatoms. The molecule has 0 radical (unpaired) electrons. The molecule has 2 rings (SSSR count). The summed E-state index contributed by atoms with van der Waals surface area (Å²) in [6, 6.07) is -0.814. The highest BCUT2D eigenvalue weighted by Gasteiger charge is 2.53. The number of carbonyl (C=O) groups is 5. The zero-order chi connectivity index (χ0) is 31.6. The average molecular weight is 584 g/mol. The van der Waals surface area contributed by atoms with Crippen molar-refractivity contribution in [1.29, 1.82) is 0 Å². The van der Waals surface area contributed by atoms with Crippen molar-refractivity contribution in [2.75, 3.05) is 7.11 Å². The second-order valence-corrected chi connectivity index (χ2v) is 12.6. The first-order valence-corrected chi connectivity index (χ1v) is 15.1. The van der Waals surface area contributed by atoms with Gasteiger partial charge in [0.1, 0.15) is 18.4 Å². The van der Waals surface area contributed by atoms with Gasteiger partial charge in [0.2, 0.25) is 5.91 Å². The molecular formula is C34H49NO7. The lowest BCUT2D eigenvalue weighted by molar-refractivity contribution is -0.149. The number of rotatable bonds is 14. The molecule has 1 fully saturated rings. The zero-order valence-corrected chi connectivity index (χ0v) is 26.3. The van der Waals surface area contributed by atoms with Crippen LogP contribution in [0.2, 0.25) is 0 Å². The van der Waals surface area contributed by atoms with Crippen LogP contribution < -0.4 is 5.32 Å². The Kier molecular flexibility index (Phi) is 13.1. The molecule has 0 saturated heterocycles. The van der Waals surface area contributed by atoms with Crippen LogP contribution in [0.1, 0.15) is 80.1 Å². The number of allylic oxidation sites excluding steroid dienone is 5. The van der Waals surface area contributed by atoms with Crippen LogP contribution in [0.5, 0.6) is 0 Å². The summed E-state index contributed by atoms with van der Waals surface area (Å²) >= 11 is 0. The molecule has 1 N–H and O–H groups in total. The summed E-state index contributed by atoms with van der Waals surface area (Å²) in [6.07, 6.45) is 11.7. The van der Waals surface area contributed by atoms with Crippen LogP contribution in [0.25, 0.3) is 0 Å². The Balaban J connectivity index is 2.30. The molecule has 0 aromatic heterocycles. The molecule has 1 amide bonds. The third kappa shape index (κ3) is 9.10. The number of amides is 1. The largest absolute Gasteiger partial charge is 0.467 e. The molecule has 0 bridgehead atoms. The minimum atomic E-state index is -0.911. The van der Waals surface area contributed by atoms with Crippen LogP contribution in [-0.4, -0.2) is 49.2 Å². The van der Waals surface area contributed by atoms with Gasteiger partial charge in [-0.1, -0.05) is 72.8 Å². The van der Waals surface area contributed by atoms with Gasteiger partial charge in [-0.3, -0.25) is 14.4 Å². The van der Waals surface area contributed by atoms with E-state index in [0.717, 1.165) is 12.8 Å². The van der Waals surface area contributed by atoms with E-state index >= 15 is 0 Å². The Bertz CT molecular complexity index is 1120. The second kappa shape index (κ2) is 15.8. The third-order valence-electron chi connectivity index (χ3n) is 8.70. The van der Waals surface area contributed by atoms with Gasteiger partial charge in [0.25, 0.3) is 0 Å². The molecule has 2 aliphatic carbocycles. The fraction of sp³-hybridized carbons (Fsp3) is 0.618. The number of esters is 2. The molecule has 8 nitrogen and oxygen atoms in total. The Hall–Kier alpha value is -3.29. The summed E-state index contributed by atoms with van der Waals surface area (Å²) in [6.45, 7) is 16.0. The fourth-order valence-electron chi connectivity index (χ4n) is 6.14. The summed E-state index contributed by atoms with van der Waals surface area (Å²) in [4.78, 5) is 63.5. The minimum Gasteiger partial charge on any atom is -0.467 e. The van der Waals surface area contributed by atoms with Gasteiger partial charge in [0.05, 0.1) is 13.0 Å². The maximum atomic E-state index is 13.7. The van der Waals surface area contributed by atoms with E-state index in [1.54, 1.807) is 6.08 Å². The van der Waals surface area contributed by atoms with Gasteiger partial charge in [0, 0.05) is 17.4 Å². The lowest BCUT2D eigenvalue weighted by Crippen LogP contribution is -2.54. The number of fused-ring (bicyclic) bond motifs is 1. The molecule has 42 heavy (non-hydrogen) atoms. The van der Waals surface area contributed by atoms with Gasteiger partial charge in [-0.15, -0.1) is 0 Å². The van der Waals surface area contributed by atoms with Crippen LogP contribution >= 0.6 is 0 Å². The van der Waals surface area contributed by atoms with E-state index in [1.165, 1.54) is 19.3 Å². The van der Waals surface area contributed by atoms with E-state index in [2.05, 4.69) is 38.7 Å². The lowest BCUT2D eigenvalue weighted by Gasteiger charge is -2.49. The molecule has 0 aliphatic heterocycles. The number of hydrogen-bond donors (Lipinski definition) is 1. The molecule has 1 saturated carbocycles. The number of aldehydes is 1. The molecule has 2 aliphatic rings.